The van der Waals surface area contributed by atoms with Crippen molar-refractivity contribution in [2.24, 2.45) is 0 Å². The molecule has 1 aromatic rings. The molecule has 4 heteroatoms. The van der Waals surface area contributed by atoms with Crippen LogP contribution in [0.25, 0.3) is 6.08 Å². The Bertz CT molecular complexity index is 384. The molecule has 72 valence electrons. The lowest BCUT2D eigenvalue weighted by molar-refractivity contribution is -0.116. The van der Waals surface area contributed by atoms with Gasteiger partial charge in [-0.1, -0.05) is 12.1 Å². The molecule has 0 spiro atoms. The van der Waals surface area contributed by atoms with Gasteiger partial charge in [-0.2, -0.15) is 0 Å². The highest BCUT2D eigenvalue weighted by Gasteiger charge is 2.14. The number of carbonyl (C=O) groups excluding carboxylic acids is 1. The van der Waals surface area contributed by atoms with Crippen molar-refractivity contribution in [1.82, 2.24) is 10.9 Å². The molecule has 0 saturated carbocycles. The van der Waals surface area contributed by atoms with Gasteiger partial charge >= 0.3 is 0 Å². The summed E-state index contributed by atoms with van der Waals surface area (Å²) in [5.74, 6) is -0.407. The minimum Gasteiger partial charge on any atom is -0.287 e. The summed E-state index contributed by atoms with van der Waals surface area (Å²) in [5.41, 5.74) is 6.65. The van der Waals surface area contributed by atoms with Crippen LogP contribution in [0.5, 0.6) is 0 Å². The average Bonchev–Trinajstić information content (AvgIpc) is 2.56. The quantitative estimate of drug-likeness (QED) is 0.647. The van der Waals surface area contributed by atoms with Crippen LogP contribution < -0.4 is 10.9 Å². The second-order valence-corrected chi connectivity index (χ2v) is 3.03. The molecule has 1 amide bonds. The zero-order chi connectivity index (χ0) is 9.97. The molecular formula is C10H9FN2O. The minimum atomic E-state index is -0.277. The molecule has 14 heavy (non-hydrogen) atoms. The Morgan fingerprint density at radius 2 is 2.00 bits per heavy atom. The van der Waals surface area contributed by atoms with Crippen LogP contribution in [0.1, 0.15) is 5.56 Å². The first-order valence-corrected chi connectivity index (χ1v) is 4.25. The van der Waals surface area contributed by atoms with E-state index in [2.05, 4.69) is 10.9 Å². The number of rotatable bonds is 1. The summed E-state index contributed by atoms with van der Waals surface area (Å²) >= 11 is 0. The number of benzene rings is 1. The van der Waals surface area contributed by atoms with Gasteiger partial charge in [-0.15, -0.1) is 0 Å². The molecular weight excluding hydrogens is 183 g/mol. The van der Waals surface area contributed by atoms with E-state index in [1.165, 1.54) is 12.1 Å². The summed E-state index contributed by atoms with van der Waals surface area (Å²) in [6.45, 7) is 0.496. The molecule has 0 unspecified atom stereocenters. The maximum atomic E-state index is 12.6. The summed E-state index contributed by atoms with van der Waals surface area (Å²) in [6.07, 6.45) is 1.73. The molecule has 2 rings (SSSR count). The third-order valence-corrected chi connectivity index (χ3v) is 1.98. The lowest BCUT2D eigenvalue weighted by atomic mass is 10.1. The fourth-order valence-electron chi connectivity index (χ4n) is 1.26. The number of hydrazine groups is 1. The monoisotopic (exact) mass is 192 g/mol. The molecule has 3 nitrogen and oxygen atoms in total. The van der Waals surface area contributed by atoms with Crippen molar-refractivity contribution in [1.29, 1.82) is 0 Å². The van der Waals surface area contributed by atoms with Gasteiger partial charge in [0.05, 0.1) is 0 Å². The van der Waals surface area contributed by atoms with Crippen LogP contribution in [0.3, 0.4) is 0 Å². The third-order valence-electron chi connectivity index (χ3n) is 1.98. The van der Waals surface area contributed by atoms with E-state index in [-0.39, 0.29) is 11.7 Å². The summed E-state index contributed by atoms with van der Waals surface area (Å²) in [5, 5.41) is 0. The van der Waals surface area contributed by atoms with Gasteiger partial charge in [-0.25, -0.2) is 9.82 Å². The van der Waals surface area contributed by atoms with E-state index in [0.29, 0.717) is 12.1 Å². The first kappa shape index (κ1) is 8.90. The summed E-state index contributed by atoms with van der Waals surface area (Å²) < 4.78 is 12.6. The number of nitrogens with one attached hydrogen (secondary N) is 2. The van der Waals surface area contributed by atoms with Crippen LogP contribution in [-0.2, 0) is 4.79 Å². The van der Waals surface area contributed by atoms with Gasteiger partial charge in [0, 0.05) is 12.1 Å². The van der Waals surface area contributed by atoms with Crippen molar-refractivity contribution in [3.63, 3.8) is 0 Å². The maximum Gasteiger partial charge on any atom is 0.262 e. The standard InChI is InChI=1S/C10H9FN2O/c11-9-3-1-7(2-4-9)5-8-6-12-13-10(8)14/h1-5,12H,6H2,(H,13,14)/b8-5+. The number of carbonyl (C=O) groups is 1. The van der Waals surface area contributed by atoms with Gasteiger partial charge in [0.1, 0.15) is 5.82 Å². The predicted molar refractivity (Wildman–Crippen MR) is 50.5 cm³/mol. The minimum absolute atomic E-state index is 0.130. The van der Waals surface area contributed by atoms with Crippen molar-refractivity contribution in [2.45, 2.75) is 0 Å². The molecule has 0 radical (unpaired) electrons. The summed E-state index contributed by atoms with van der Waals surface area (Å²) in [6, 6.07) is 6.00. The number of amides is 1. The highest BCUT2D eigenvalue weighted by atomic mass is 19.1. The Hall–Kier alpha value is -1.68. The first-order valence-electron chi connectivity index (χ1n) is 4.25. The van der Waals surface area contributed by atoms with Crippen molar-refractivity contribution in [3.05, 3.63) is 41.2 Å². The van der Waals surface area contributed by atoms with Gasteiger partial charge in [0.2, 0.25) is 0 Å². The Morgan fingerprint density at radius 3 is 2.57 bits per heavy atom. The van der Waals surface area contributed by atoms with E-state index in [4.69, 9.17) is 0 Å². The van der Waals surface area contributed by atoms with Gasteiger partial charge < -0.3 is 0 Å². The molecule has 1 aliphatic heterocycles. The van der Waals surface area contributed by atoms with Gasteiger partial charge in [-0.3, -0.25) is 10.2 Å². The van der Waals surface area contributed by atoms with Crippen molar-refractivity contribution < 1.29 is 9.18 Å². The zero-order valence-electron chi connectivity index (χ0n) is 7.38. The van der Waals surface area contributed by atoms with Crippen LogP contribution in [0.2, 0.25) is 0 Å². The molecule has 0 aromatic heterocycles. The molecule has 0 bridgehead atoms. The van der Waals surface area contributed by atoms with E-state index >= 15 is 0 Å². The SMILES string of the molecule is O=C1NNC/C1=C\c1ccc(F)cc1. The smallest absolute Gasteiger partial charge is 0.262 e. The highest BCUT2D eigenvalue weighted by molar-refractivity contribution is 5.99. The maximum absolute atomic E-state index is 12.6. The Balaban J connectivity index is 2.24. The largest absolute Gasteiger partial charge is 0.287 e. The third kappa shape index (κ3) is 1.80. The normalized spacial score (nSPS) is 18.6. The van der Waals surface area contributed by atoms with Crippen molar-refractivity contribution >= 4 is 12.0 Å². The molecule has 1 saturated heterocycles. The van der Waals surface area contributed by atoms with Crippen LogP contribution >= 0.6 is 0 Å². The number of hydrogen-bond donors (Lipinski definition) is 2. The van der Waals surface area contributed by atoms with Crippen LogP contribution in [0.15, 0.2) is 29.8 Å². The van der Waals surface area contributed by atoms with Crippen LogP contribution in [0.4, 0.5) is 4.39 Å². The van der Waals surface area contributed by atoms with Gasteiger partial charge in [0.15, 0.2) is 0 Å². The highest BCUT2D eigenvalue weighted by Crippen LogP contribution is 2.09. The zero-order valence-corrected chi connectivity index (χ0v) is 7.38. The van der Waals surface area contributed by atoms with E-state index in [0.717, 1.165) is 5.56 Å². The summed E-state index contributed by atoms with van der Waals surface area (Å²) in [7, 11) is 0. The van der Waals surface area contributed by atoms with E-state index < -0.39 is 0 Å². The van der Waals surface area contributed by atoms with Crippen LogP contribution in [-0.4, -0.2) is 12.5 Å². The second-order valence-electron chi connectivity index (χ2n) is 3.03. The molecule has 0 atom stereocenters. The fraction of sp³-hybridized carbons (Fsp3) is 0.100. The molecule has 1 aliphatic rings. The lowest BCUT2D eigenvalue weighted by Crippen LogP contribution is -2.25. The fourth-order valence-corrected chi connectivity index (χ4v) is 1.26. The predicted octanol–water partition coefficient (Wildman–Crippen LogP) is 0.843. The Labute approximate surface area is 80.6 Å². The topological polar surface area (TPSA) is 41.1 Å². The van der Waals surface area contributed by atoms with E-state index in [1.807, 2.05) is 0 Å². The average molecular weight is 192 g/mol. The molecule has 1 aromatic carbocycles. The second kappa shape index (κ2) is 3.59. The summed E-state index contributed by atoms with van der Waals surface area (Å²) in [4.78, 5) is 11.1. The van der Waals surface area contributed by atoms with Gasteiger partial charge in [0.25, 0.3) is 5.91 Å². The molecule has 1 heterocycles. The van der Waals surface area contributed by atoms with E-state index in [1.54, 1.807) is 18.2 Å². The molecule has 2 N–H and O–H groups in total. The number of hydrogen-bond acceptors (Lipinski definition) is 2. The molecule has 0 aliphatic carbocycles. The van der Waals surface area contributed by atoms with Gasteiger partial charge in [-0.05, 0) is 23.8 Å². The Morgan fingerprint density at radius 1 is 1.29 bits per heavy atom. The Kier molecular flexibility index (Phi) is 2.28. The van der Waals surface area contributed by atoms with Crippen molar-refractivity contribution in [3.8, 4) is 0 Å². The molecule has 1 fully saturated rings. The van der Waals surface area contributed by atoms with Crippen LogP contribution in [0, 0.1) is 5.82 Å². The van der Waals surface area contributed by atoms with Crippen molar-refractivity contribution in [2.75, 3.05) is 6.54 Å². The lowest BCUT2D eigenvalue weighted by Gasteiger charge is -1.94. The first-order chi connectivity index (χ1) is 6.75. The van der Waals surface area contributed by atoms with E-state index in [9.17, 15) is 9.18 Å². The number of halogens is 1.